The largest absolute Gasteiger partial charge is 0.312 e. The van der Waals surface area contributed by atoms with Crippen molar-refractivity contribution in [3.05, 3.63) is 46.0 Å². The quantitative estimate of drug-likeness (QED) is 0.570. The fourth-order valence-electron chi connectivity index (χ4n) is 0.729. The molecular weight excluding hydrogens is 165 g/mol. The standard InChI is InChI=1S/C8H5ClFN/c1-11-5-6-2-3-7(9)8(10)4-6/h2-4H,5H2. The first-order valence-electron chi connectivity index (χ1n) is 3.01. The summed E-state index contributed by atoms with van der Waals surface area (Å²) >= 11 is 5.43. The Labute approximate surface area is 69.2 Å². The van der Waals surface area contributed by atoms with Gasteiger partial charge in [-0.3, -0.25) is 0 Å². The van der Waals surface area contributed by atoms with Crippen LogP contribution in [0.5, 0.6) is 0 Å². The molecule has 0 atom stereocenters. The van der Waals surface area contributed by atoms with E-state index in [4.69, 9.17) is 18.2 Å². The van der Waals surface area contributed by atoms with Crippen LogP contribution in [0.3, 0.4) is 0 Å². The first-order chi connectivity index (χ1) is 5.24. The van der Waals surface area contributed by atoms with E-state index in [1.165, 1.54) is 12.1 Å². The highest BCUT2D eigenvalue weighted by atomic mass is 35.5. The van der Waals surface area contributed by atoms with Crippen molar-refractivity contribution in [3.8, 4) is 0 Å². The van der Waals surface area contributed by atoms with E-state index >= 15 is 0 Å². The first-order valence-corrected chi connectivity index (χ1v) is 3.39. The Hall–Kier alpha value is -1.07. The smallest absolute Gasteiger partial charge is 0.239 e. The molecule has 0 aliphatic rings. The molecule has 0 fully saturated rings. The molecule has 56 valence electrons. The number of hydrogen-bond donors (Lipinski definition) is 0. The Morgan fingerprint density at radius 2 is 2.27 bits per heavy atom. The van der Waals surface area contributed by atoms with Crippen molar-refractivity contribution in [1.29, 1.82) is 0 Å². The van der Waals surface area contributed by atoms with Crippen molar-refractivity contribution in [1.82, 2.24) is 0 Å². The number of nitrogens with zero attached hydrogens (tertiary/aromatic N) is 1. The summed E-state index contributed by atoms with van der Waals surface area (Å²) in [5, 5.41) is 0.0960. The van der Waals surface area contributed by atoms with Gasteiger partial charge in [-0.25, -0.2) is 11.0 Å². The van der Waals surface area contributed by atoms with Crippen LogP contribution in [0.25, 0.3) is 4.85 Å². The molecule has 0 aromatic heterocycles. The minimum Gasteiger partial charge on any atom is -0.312 e. The second-order valence-electron chi connectivity index (χ2n) is 2.06. The van der Waals surface area contributed by atoms with E-state index < -0.39 is 5.82 Å². The predicted molar refractivity (Wildman–Crippen MR) is 41.7 cm³/mol. The van der Waals surface area contributed by atoms with Gasteiger partial charge in [0, 0.05) is 5.56 Å². The van der Waals surface area contributed by atoms with Crippen LogP contribution in [-0.4, -0.2) is 0 Å². The molecule has 1 nitrogen and oxygen atoms in total. The molecule has 0 N–H and O–H groups in total. The van der Waals surface area contributed by atoms with Crippen LogP contribution in [0.2, 0.25) is 5.02 Å². The van der Waals surface area contributed by atoms with Gasteiger partial charge >= 0.3 is 0 Å². The molecule has 0 unspecified atom stereocenters. The monoisotopic (exact) mass is 169 g/mol. The third kappa shape index (κ3) is 1.92. The van der Waals surface area contributed by atoms with Gasteiger partial charge in [0.05, 0.1) is 5.02 Å². The summed E-state index contributed by atoms with van der Waals surface area (Å²) in [6, 6.07) is 4.38. The predicted octanol–water partition coefficient (Wildman–Crippen LogP) is 2.90. The Balaban J connectivity index is 2.98. The second kappa shape index (κ2) is 3.36. The summed E-state index contributed by atoms with van der Waals surface area (Å²) in [6.45, 7) is 6.74. The molecule has 3 heteroatoms. The Morgan fingerprint density at radius 1 is 1.55 bits per heavy atom. The lowest BCUT2D eigenvalue weighted by atomic mass is 10.2. The van der Waals surface area contributed by atoms with Crippen molar-refractivity contribution in [2.24, 2.45) is 0 Å². The van der Waals surface area contributed by atoms with Crippen molar-refractivity contribution < 1.29 is 4.39 Å². The molecule has 0 heterocycles. The molecule has 0 radical (unpaired) electrons. The summed E-state index contributed by atoms with van der Waals surface area (Å²) in [6.07, 6.45) is 0. The average molecular weight is 170 g/mol. The van der Waals surface area contributed by atoms with E-state index in [1.807, 2.05) is 0 Å². The van der Waals surface area contributed by atoms with E-state index in [0.717, 1.165) is 0 Å². The number of halogens is 2. The molecule has 11 heavy (non-hydrogen) atoms. The maximum absolute atomic E-state index is 12.7. The Kier molecular flexibility index (Phi) is 2.45. The molecule has 0 amide bonds. The maximum Gasteiger partial charge on any atom is 0.239 e. The van der Waals surface area contributed by atoms with Crippen molar-refractivity contribution in [2.45, 2.75) is 6.54 Å². The highest BCUT2D eigenvalue weighted by molar-refractivity contribution is 6.30. The van der Waals surface area contributed by atoms with Gasteiger partial charge in [0.15, 0.2) is 0 Å². The fourth-order valence-corrected chi connectivity index (χ4v) is 0.847. The van der Waals surface area contributed by atoms with Gasteiger partial charge in [0.2, 0.25) is 6.54 Å². The van der Waals surface area contributed by atoms with Gasteiger partial charge in [-0.15, -0.1) is 0 Å². The third-order valence-corrected chi connectivity index (χ3v) is 1.55. The number of hydrogen-bond acceptors (Lipinski definition) is 0. The minimum atomic E-state index is -0.465. The van der Waals surface area contributed by atoms with Crippen LogP contribution in [0.4, 0.5) is 4.39 Å². The molecule has 0 saturated carbocycles. The highest BCUT2D eigenvalue weighted by Gasteiger charge is 2.01. The lowest BCUT2D eigenvalue weighted by molar-refractivity contribution is 0.626. The van der Waals surface area contributed by atoms with E-state index in [-0.39, 0.29) is 11.6 Å². The molecule has 1 aromatic rings. The van der Waals surface area contributed by atoms with E-state index in [2.05, 4.69) is 4.85 Å². The van der Waals surface area contributed by atoms with Crippen LogP contribution in [-0.2, 0) is 6.54 Å². The normalized spacial score (nSPS) is 9.18. The number of rotatable bonds is 1. The summed E-state index contributed by atoms with van der Waals surface area (Å²) in [5.74, 6) is -0.465. The van der Waals surface area contributed by atoms with E-state index in [0.29, 0.717) is 5.56 Å². The molecular formula is C8H5ClFN. The summed E-state index contributed by atoms with van der Waals surface area (Å²) in [4.78, 5) is 3.12. The zero-order valence-corrected chi connectivity index (χ0v) is 6.40. The van der Waals surface area contributed by atoms with Gasteiger partial charge in [-0.05, 0) is 18.2 Å². The molecule has 0 spiro atoms. The molecule has 1 aromatic carbocycles. The van der Waals surface area contributed by atoms with Crippen molar-refractivity contribution in [3.63, 3.8) is 0 Å². The summed E-state index contributed by atoms with van der Waals surface area (Å²) in [7, 11) is 0. The Morgan fingerprint density at radius 3 is 2.82 bits per heavy atom. The zero-order chi connectivity index (χ0) is 8.27. The SMILES string of the molecule is [C-]#[N+]Cc1ccc(Cl)c(F)c1. The van der Waals surface area contributed by atoms with Crippen LogP contribution in [0.1, 0.15) is 5.56 Å². The van der Waals surface area contributed by atoms with Gasteiger partial charge in [0.25, 0.3) is 0 Å². The van der Waals surface area contributed by atoms with Crippen LogP contribution < -0.4 is 0 Å². The topological polar surface area (TPSA) is 4.36 Å². The molecule has 0 aliphatic heterocycles. The van der Waals surface area contributed by atoms with Crippen LogP contribution in [0.15, 0.2) is 18.2 Å². The van der Waals surface area contributed by atoms with Crippen LogP contribution in [0, 0.1) is 12.4 Å². The van der Waals surface area contributed by atoms with Crippen LogP contribution >= 0.6 is 11.6 Å². The molecule has 0 aliphatic carbocycles. The maximum atomic E-state index is 12.7. The van der Waals surface area contributed by atoms with Crippen molar-refractivity contribution >= 4 is 11.6 Å². The first kappa shape index (κ1) is 8.03. The van der Waals surface area contributed by atoms with Gasteiger partial charge in [0.1, 0.15) is 5.82 Å². The zero-order valence-electron chi connectivity index (χ0n) is 5.64. The summed E-state index contributed by atoms with van der Waals surface area (Å²) < 4.78 is 12.7. The highest BCUT2D eigenvalue weighted by Crippen LogP contribution is 2.15. The van der Waals surface area contributed by atoms with E-state index in [1.54, 1.807) is 6.07 Å². The molecule has 0 bridgehead atoms. The lowest BCUT2D eigenvalue weighted by Gasteiger charge is -1.93. The number of benzene rings is 1. The summed E-state index contributed by atoms with van der Waals surface area (Å²) in [5.41, 5.74) is 0.655. The van der Waals surface area contributed by atoms with Gasteiger partial charge in [-0.1, -0.05) is 11.6 Å². The Bertz CT molecular complexity index is 303. The second-order valence-corrected chi connectivity index (χ2v) is 2.47. The van der Waals surface area contributed by atoms with Gasteiger partial charge < -0.3 is 4.85 Å². The lowest BCUT2D eigenvalue weighted by Crippen LogP contribution is -1.82. The van der Waals surface area contributed by atoms with Gasteiger partial charge in [-0.2, -0.15) is 0 Å². The third-order valence-electron chi connectivity index (χ3n) is 1.25. The van der Waals surface area contributed by atoms with E-state index in [9.17, 15) is 4.39 Å². The molecule has 0 saturated heterocycles. The average Bonchev–Trinajstić information content (AvgIpc) is 1.98. The minimum absolute atomic E-state index is 0.0960. The molecule has 1 rings (SSSR count). The van der Waals surface area contributed by atoms with Crippen molar-refractivity contribution in [2.75, 3.05) is 0 Å². The fraction of sp³-hybridized carbons (Fsp3) is 0.125.